The molecule has 86 valence electrons. The van der Waals surface area contributed by atoms with E-state index in [0.717, 1.165) is 6.54 Å². The highest BCUT2D eigenvalue weighted by molar-refractivity contribution is 5.21. The average molecular weight is 216 g/mol. The Morgan fingerprint density at radius 3 is 2.81 bits per heavy atom. The van der Waals surface area contributed by atoms with E-state index in [4.69, 9.17) is 0 Å². The van der Waals surface area contributed by atoms with Gasteiger partial charge in [0.1, 0.15) is 0 Å². The number of nitrogens with zero attached hydrogens (tertiary/aromatic N) is 2. The third-order valence-corrected chi connectivity index (χ3v) is 2.48. The molecule has 0 N–H and O–H groups in total. The van der Waals surface area contributed by atoms with Crippen LogP contribution in [0.5, 0.6) is 0 Å². The van der Waals surface area contributed by atoms with Crippen LogP contribution in [0.25, 0.3) is 0 Å². The Morgan fingerprint density at radius 1 is 1.56 bits per heavy atom. The number of rotatable bonds is 5. The second kappa shape index (κ2) is 6.11. The first-order valence-corrected chi connectivity index (χ1v) is 5.64. The summed E-state index contributed by atoms with van der Waals surface area (Å²) >= 11 is 0. The van der Waals surface area contributed by atoms with Crippen molar-refractivity contribution in [3.63, 3.8) is 0 Å². The molecule has 0 aliphatic carbocycles. The molecule has 2 heteroatoms. The Bertz CT molecular complexity index is 395. The van der Waals surface area contributed by atoms with E-state index >= 15 is 0 Å². The third-order valence-electron chi connectivity index (χ3n) is 2.48. The summed E-state index contributed by atoms with van der Waals surface area (Å²) in [5, 5.41) is 4.35. The zero-order valence-corrected chi connectivity index (χ0v) is 10.4. The van der Waals surface area contributed by atoms with Gasteiger partial charge in [0.15, 0.2) is 0 Å². The fourth-order valence-electron chi connectivity index (χ4n) is 1.38. The molecule has 0 saturated carbocycles. The number of aromatic nitrogens is 2. The Kier molecular flexibility index (Phi) is 4.77. The van der Waals surface area contributed by atoms with E-state index in [2.05, 4.69) is 43.9 Å². The molecule has 0 amide bonds. The van der Waals surface area contributed by atoms with Crippen molar-refractivity contribution in [2.45, 2.75) is 33.2 Å². The van der Waals surface area contributed by atoms with Gasteiger partial charge >= 0.3 is 0 Å². The van der Waals surface area contributed by atoms with E-state index in [9.17, 15) is 0 Å². The van der Waals surface area contributed by atoms with E-state index in [0.29, 0.717) is 5.92 Å². The summed E-state index contributed by atoms with van der Waals surface area (Å²) in [6.07, 6.45) is 11.9. The van der Waals surface area contributed by atoms with Gasteiger partial charge in [0.2, 0.25) is 0 Å². The molecule has 0 spiro atoms. The lowest BCUT2D eigenvalue weighted by Crippen LogP contribution is -1.99. The number of allylic oxidation sites excluding steroid dienone is 5. The topological polar surface area (TPSA) is 17.8 Å². The largest absolute Gasteiger partial charge is 0.268 e. The predicted molar refractivity (Wildman–Crippen MR) is 69.4 cm³/mol. The van der Waals surface area contributed by atoms with Crippen molar-refractivity contribution in [1.29, 1.82) is 0 Å². The van der Waals surface area contributed by atoms with E-state index in [1.807, 2.05) is 23.9 Å². The molecule has 0 fully saturated rings. The normalized spacial score (nSPS) is 12.6. The van der Waals surface area contributed by atoms with Gasteiger partial charge in [-0.3, -0.25) is 4.68 Å². The highest BCUT2D eigenvalue weighted by Gasteiger charge is 2.02. The maximum Gasteiger partial charge on any atom is 0.0656 e. The summed E-state index contributed by atoms with van der Waals surface area (Å²) in [7, 11) is 0. The Balaban J connectivity index is 2.71. The van der Waals surface area contributed by atoms with Crippen LogP contribution in [0.4, 0.5) is 0 Å². The quantitative estimate of drug-likeness (QED) is 0.686. The molecular weight excluding hydrogens is 196 g/mol. The predicted octanol–water partition coefficient (Wildman–Crippen LogP) is 3.70. The molecule has 1 aromatic heterocycles. The lowest BCUT2D eigenvalue weighted by atomic mass is 10.1. The monoisotopic (exact) mass is 216 g/mol. The van der Waals surface area contributed by atoms with Gasteiger partial charge in [0, 0.05) is 6.20 Å². The van der Waals surface area contributed by atoms with E-state index in [1.54, 1.807) is 6.08 Å². The standard InChI is InChI=1S/C14H20N2/c1-5-7-8-13(6-2)10-16-11-14(9-15-16)12(3)4/h5-9,11-12H,1,10H2,2-4H3/b8-7-,13-6+. The molecule has 0 saturated heterocycles. The SMILES string of the molecule is C=C/C=C\C(=C/C)Cn1cc(C(C)C)cn1. The molecule has 2 nitrogen and oxygen atoms in total. The van der Waals surface area contributed by atoms with Gasteiger partial charge in [0.25, 0.3) is 0 Å². The van der Waals surface area contributed by atoms with Gasteiger partial charge in [-0.2, -0.15) is 5.10 Å². The van der Waals surface area contributed by atoms with Crippen LogP contribution in [0, 0.1) is 0 Å². The lowest BCUT2D eigenvalue weighted by molar-refractivity contribution is 0.683. The molecule has 0 bridgehead atoms. The summed E-state index contributed by atoms with van der Waals surface area (Å²) in [6.45, 7) is 10.9. The zero-order valence-electron chi connectivity index (χ0n) is 10.4. The minimum atomic E-state index is 0.534. The Morgan fingerprint density at radius 2 is 2.31 bits per heavy atom. The molecule has 16 heavy (non-hydrogen) atoms. The molecule has 0 unspecified atom stereocenters. The van der Waals surface area contributed by atoms with Crippen LogP contribution in [0.15, 0.2) is 48.8 Å². The average Bonchev–Trinajstić information content (AvgIpc) is 2.72. The summed E-state index contributed by atoms with van der Waals surface area (Å²) in [5.74, 6) is 0.534. The number of hydrogen-bond acceptors (Lipinski definition) is 1. The summed E-state index contributed by atoms with van der Waals surface area (Å²) in [4.78, 5) is 0. The second-order valence-electron chi connectivity index (χ2n) is 4.08. The molecule has 0 atom stereocenters. The third kappa shape index (κ3) is 3.54. The van der Waals surface area contributed by atoms with E-state index < -0.39 is 0 Å². The molecule has 0 radical (unpaired) electrons. The molecule has 1 aromatic rings. The fourth-order valence-corrected chi connectivity index (χ4v) is 1.38. The first-order chi connectivity index (χ1) is 7.67. The highest BCUT2D eigenvalue weighted by Crippen LogP contribution is 2.13. The van der Waals surface area contributed by atoms with Gasteiger partial charge < -0.3 is 0 Å². The maximum atomic E-state index is 4.35. The van der Waals surface area contributed by atoms with E-state index in [-0.39, 0.29) is 0 Å². The van der Waals surface area contributed by atoms with Crippen LogP contribution < -0.4 is 0 Å². The van der Waals surface area contributed by atoms with Gasteiger partial charge in [-0.1, -0.05) is 44.7 Å². The van der Waals surface area contributed by atoms with Crippen molar-refractivity contribution in [2.24, 2.45) is 0 Å². The lowest BCUT2D eigenvalue weighted by Gasteiger charge is -2.02. The maximum absolute atomic E-state index is 4.35. The highest BCUT2D eigenvalue weighted by atomic mass is 15.3. The van der Waals surface area contributed by atoms with Crippen molar-refractivity contribution in [3.8, 4) is 0 Å². The van der Waals surface area contributed by atoms with Gasteiger partial charge in [-0.25, -0.2) is 0 Å². The minimum absolute atomic E-state index is 0.534. The molecular formula is C14H20N2. The van der Waals surface area contributed by atoms with Crippen molar-refractivity contribution >= 4 is 0 Å². The van der Waals surface area contributed by atoms with Gasteiger partial charge in [-0.15, -0.1) is 0 Å². The van der Waals surface area contributed by atoms with Crippen LogP contribution in [-0.2, 0) is 6.54 Å². The van der Waals surface area contributed by atoms with Gasteiger partial charge in [-0.05, 0) is 24.0 Å². The minimum Gasteiger partial charge on any atom is -0.268 e. The molecule has 0 aliphatic heterocycles. The first-order valence-electron chi connectivity index (χ1n) is 5.64. The van der Waals surface area contributed by atoms with Crippen LogP contribution in [-0.4, -0.2) is 9.78 Å². The van der Waals surface area contributed by atoms with Crippen LogP contribution in [0.1, 0.15) is 32.3 Å². The van der Waals surface area contributed by atoms with Crippen molar-refractivity contribution in [1.82, 2.24) is 9.78 Å². The fraction of sp³-hybridized carbons (Fsp3) is 0.357. The molecule has 1 rings (SSSR count). The van der Waals surface area contributed by atoms with Crippen molar-refractivity contribution in [2.75, 3.05) is 0 Å². The van der Waals surface area contributed by atoms with Crippen LogP contribution >= 0.6 is 0 Å². The smallest absolute Gasteiger partial charge is 0.0656 e. The summed E-state index contributed by atoms with van der Waals surface area (Å²) in [6, 6.07) is 0. The Hall–Kier alpha value is -1.57. The second-order valence-corrected chi connectivity index (χ2v) is 4.08. The van der Waals surface area contributed by atoms with Gasteiger partial charge in [0.05, 0.1) is 12.7 Å². The van der Waals surface area contributed by atoms with Crippen molar-refractivity contribution < 1.29 is 0 Å². The van der Waals surface area contributed by atoms with E-state index in [1.165, 1.54) is 11.1 Å². The van der Waals surface area contributed by atoms with Crippen molar-refractivity contribution in [3.05, 3.63) is 54.4 Å². The Labute approximate surface area is 98.0 Å². The van der Waals surface area contributed by atoms with Crippen LogP contribution in [0.3, 0.4) is 0 Å². The first kappa shape index (κ1) is 12.5. The summed E-state index contributed by atoms with van der Waals surface area (Å²) < 4.78 is 1.97. The number of hydrogen-bond donors (Lipinski definition) is 0. The van der Waals surface area contributed by atoms with Crippen LogP contribution in [0.2, 0.25) is 0 Å². The molecule has 0 aromatic carbocycles. The molecule has 0 aliphatic rings. The summed E-state index contributed by atoms with van der Waals surface area (Å²) in [5.41, 5.74) is 2.52. The zero-order chi connectivity index (χ0) is 12.0. The molecule has 1 heterocycles.